The van der Waals surface area contributed by atoms with Crippen LogP contribution in [0.5, 0.6) is 0 Å². The van der Waals surface area contributed by atoms with Gasteiger partial charge in [0.2, 0.25) is 0 Å². The number of fused-ring (bicyclic) bond motifs is 1. The third kappa shape index (κ3) is 2.66. The molecule has 1 aliphatic heterocycles. The Morgan fingerprint density at radius 1 is 1.32 bits per heavy atom. The molecule has 0 amide bonds. The largest absolute Gasteiger partial charge is 0.326 e. The Kier molecular flexibility index (Phi) is 3.83. The van der Waals surface area contributed by atoms with Gasteiger partial charge in [0.15, 0.2) is 0 Å². The van der Waals surface area contributed by atoms with Crippen LogP contribution in [0.15, 0.2) is 24.3 Å². The van der Waals surface area contributed by atoms with Crippen LogP contribution in [-0.2, 0) is 13.0 Å². The first kappa shape index (κ1) is 12.7. The first-order valence-electron chi connectivity index (χ1n) is 7.56. The molecule has 1 aromatic heterocycles. The van der Waals surface area contributed by atoms with Crippen LogP contribution in [0.4, 0.5) is 0 Å². The number of hydrogen-bond donors (Lipinski definition) is 1. The Labute approximate surface area is 115 Å². The molecule has 0 saturated carbocycles. The van der Waals surface area contributed by atoms with Crippen molar-refractivity contribution >= 4 is 11.0 Å². The Morgan fingerprint density at radius 2 is 2.21 bits per heavy atom. The van der Waals surface area contributed by atoms with E-state index in [0.29, 0.717) is 6.04 Å². The molecule has 102 valence electrons. The highest BCUT2D eigenvalue weighted by atomic mass is 15.1. The van der Waals surface area contributed by atoms with E-state index in [1.807, 2.05) is 0 Å². The van der Waals surface area contributed by atoms with E-state index in [2.05, 4.69) is 41.1 Å². The molecule has 0 spiro atoms. The molecule has 1 unspecified atom stereocenters. The number of nitrogens with one attached hydrogen (secondary N) is 1. The highest BCUT2D eigenvalue weighted by Crippen LogP contribution is 2.19. The average molecular weight is 257 g/mol. The van der Waals surface area contributed by atoms with Crippen molar-refractivity contribution in [1.82, 2.24) is 14.9 Å². The molecule has 3 rings (SSSR count). The molecule has 1 N–H and O–H groups in total. The van der Waals surface area contributed by atoms with E-state index in [1.54, 1.807) is 0 Å². The Balaban J connectivity index is 1.92. The first-order chi connectivity index (χ1) is 9.38. The summed E-state index contributed by atoms with van der Waals surface area (Å²) in [5, 5.41) is 3.64. The number of aromatic nitrogens is 2. The van der Waals surface area contributed by atoms with Gasteiger partial charge in [-0.3, -0.25) is 0 Å². The van der Waals surface area contributed by atoms with E-state index in [4.69, 9.17) is 4.98 Å². The van der Waals surface area contributed by atoms with Gasteiger partial charge in [0.05, 0.1) is 11.0 Å². The summed E-state index contributed by atoms with van der Waals surface area (Å²) < 4.78 is 2.43. The van der Waals surface area contributed by atoms with Gasteiger partial charge >= 0.3 is 0 Å². The van der Waals surface area contributed by atoms with E-state index in [1.165, 1.54) is 37.1 Å². The van der Waals surface area contributed by atoms with Crippen LogP contribution in [0.25, 0.3) is 11.0 Å². The number of benzene rings is 1. The zero-order valence-corrected chi connectivity index (χ0v) is 11.7. The molecule has 0 aliphatic carbocycles. The van der Waals surface area contributed by atoms with Crippen LogP contribution >= 0.6 is 0 Å². The van der Waals surface area contributed by atoms with Crippen molar-refractivity contribution in [1.29, 1.82) is 0 Å². The zero-order valence-electron chi connectivity index (χ0n) is 11.7. The topological polar surface area (TPSA) is 29.9 Å². The van der Waals surface area contributed by atoms with E-state index < -0.39 is 0 Å². The fraction of sp³-hybridized carbons (Fsp3) is 0.562. The summed E-state index contributed by atoms with van der Waals surface area (Å²) in [6.45, 7) is 4.46. The molecule has 1 aliphatic rings. The number of rotatable bonds is 4. The quantitative estimate of drug-likeness (QED) is 0.912. The molecule has 19 heavy (non-hydrogen) atoms. The van der Waals surface area contributed by atoms with Crippen molar-refractivity contribution in [3.8, 4) is 0 Å². The molecule has 3 heteroatoms. The maximum Gasteiger partial charge on any atom is 0.109 e. The van der Waals surface area contributed by atoms with Gasteiger partial charge in [-0.1, -0.05) is 25.5 Å². The highest BCUT2D eigenvalue weighted by Gasteiger charge is 2.16. The molecule has 1 atom stereocenters. The summed E-state index contributed by atoms with van der Waals surface area (Å²) in [7, 11) is 0. The average Bonchev–Trinajstić information content (AvgIpc) is 2.79. The maximum absolute atomic E-state index is 4.80. The Morgan fingerprint density at radius 3 is 3.00 bits per heavy atom. The van der Waals surface area contributed by atoms with Crippen molar-refractivity contribution in [2.45, 2.75) is 51.6 Å². The van der Waals surface area contributed by atoms with Gasteiger partial charge < -0.3 is 9.88 Å². The molecule has 0 radical (unpaired) electrons. The summed E-state index contributed by atoms with van der Waals surface area (Å²) >= 11 is 0. The SMILES string of the molecule is CCCc1nc2ccccc2n1CC1CCCCN1. The smallest absolute Gasteiger partial charge is 0.109 e. The van der Waals surface area contributed by atoms with Crippen LogP contribution in [0, 0.1) is 0 Å². The van der Waals surface area contributed by atoms with Crippen molar-refractivity contribution in [2.75, 3.05) is 6.54 Å². The van der Waals surface area contributed by atoms with Crippen molar-refractivity contribution in [2.24, 2.45) is 0 Å². The maximum atomic E-state index is 4.80. The van der Waals surface area contributed by atoms with Gasteiger partial charge in [-0.2, -0.15) is 0 Å². The minimum absolute atomic E-state index is 0.613. The fourth-order valence-electron chi connectivity index (χ4n) is 3.04. The standard InChI is InChI=1S/C16H23N3/c1-2-7-16-18-14-9-3-4-10-15(14)19(16)12-13-8-5-6-11-17-13/h3-4,9-10,13,17H,2,5-8,11-12H2,1H3. The first-order valence-corrected chi connectivity index (χ1v) is 7.56. The van der Waals surface area contributed by atoms with Gasteiger partial charge in [0, 0.05) is 19.0 Å². The van der Waals surface area contributed by atoms with Crippen LogP contribution < -0.4 is 5.32 Å². The third-order valence-electron chi connectivity index (χ3n) is 4.02. The summed E-state index contributed by atoms with van der Waals surface area (Å²) in [6, 6.07) is 9.13. The molecular formula is C16H23N3. The number of para-hydroxylation sites is 2. The molecule has 2 heterocycles. The van der Waals surface area contributed by atoms with Crippen molar-refractivity contribution in [3.63, 3.8) is 0 Å². The predicted molar refractivity (Wildman–Crippen MR) is 79.4 cm³/mol. The van der Waals surface area contributed by atoms with E-state index in [0.717, 1.165) is 24.9 Å². The van der Waals surface area contributed by atoms with E-state index in [-0.39, 0.29) is 0 Å². The monoisotopic (exact) mass is 257 g/mol. The normalized spacial score (nSPS) is 19.9. The molecule has 3 nitrogen and oxygen atoms in total. The number of hydrogen-bond acceptors (Lipinski definition) is 2. The lowest BCUT2D eigenvalue weighted by atomic mass is 10.0. The molecule has 1 saturated heterocycles. The van der Waals surface area contributed by atoms with Gasteiger partial charge in [-0.25, -0.2) is 4.98 Å². The van der Waals surface area contributed by atoms with Crippen LogP contribution in [0.3, 0.4) is 0 Å². The molecule has 1 aromatic carbocycles. The number of imidazole rings is 1. The summed E-state index contributed by atoms with van der Waals surface area (Å²) in [6.07, 6.45) is 6.19. The van der Waals surface area contributed by atoms with Gasteiger partial charge in [0.1, 0.15) is 5.82 Å². The molecule has 0 bridgehead atoms. The second-order valence-corrected chi connectivity index (χ2v) is 5.52. The lowest BCUT2D eigenvalue weighted by molar-refractivity contribution is 0.362. The van der Waals surface area contributed by atoms with Gasteiger partial charge in [-0.05, 0) is 37.9 Å². The van der Waals surface area contributed by atoms with Gasteiger partial charge in [-0.15, -0.1) is 0 Å². The van der Waals surface area contributed by atoms with E-state index in [9.17, 15) is 0 Å². The van der Waals surface area contributed by atoms with Crippen LogP contribution in [0.1, 0.15) is 38.4 Å². The van der Waals surface area contributed by atoms with Gasteiger partial charge in [0.25, 0.3) is 0 Å². The second kappa shape index (κ2) is 5.74. The lowest BCUT2D eigenvalue weighted by Gasteiger charge is -2.24. The Bertz CT molecular complexity index is 538. The van der Waals surface area contributed by atoms with E-state index >= 15 is 0 Å². The molecular weight excluding hydrogens is 234 g/mol. The fourth-order valence-corrected chi connectivity index (χ4v) is 3.04. The minimum Gasteiger partial charge on any atom is -0.326 e. The van der Waals surface area contributed by atoms with Crippen molar-refractivity contribution in [3.05, 3.63) is 30.1 Å². The summed E-state index contributed by atoms with van der Waals surface area (Å²) in [5.41, 5.74) is 2.43. The van der Waals surface area contributed by atoms with Crippen LogP contribution in [0.2, 0.25) is 0 Å². The molecule has 2 aromatic rings. The van der Waals surface area contributed by atoms with Crippen LogP contribution in [-0.4, -0.2) is 22.1 Å². The summed E-state index contributed by atoms with van der Waals surface area (Å²) in [5.74, 6) is 1.25. The predicted octanol–water partition coefficient (Wildman–Crippen LogP) is 3.13. The Hall–Kier alpha value is -1.35. The number of nitrogens with zero attached hydrogens (tertiary/aromatic N) is 2. The van der Waals surface area contributed by atoms with Crippen molar-refractivity contribution < 1.29 is 0 Å². The molecule has 1 fully saturated rings. The number of piperidine rings is 1. The second-order valence-electron chi connectivity index (χ2n) is 5.52. The lowest BCUT2D eigenvalue weighted by Crippen LogP contribution is -2.37. The number of aryl methyl sites for hydroxylation is 1. The summed E-state index contributed by atoms with van der Waals surface area (Å²) in [4.78, 5) is 4.80. The highest BCUT2D eigenvalue weighted by molar-refractivity contribution is 5.75. The third-order valence-corrected chi connectivity index (χ3v) is 4.02. The zero-order chi connectivity index (χ0) is 13.1. The minimum atomic E-state index is 0.613.